The van der Waals surface area contributed by atoms with E-state index in [2.05, 4.69) is 0 Å². The van der Waals surface area contributed by atoms with E-state index in [-0.39, 0.29) is 18.0 Å². The molecule has 0 saturated carbocycles. The zero-order valence-corrected chi connectivity index (χ0v) is 11.1. The van der Waals surface area contributed by atoms with Crippen molar-refractivity contribution in [3.05, 3.63) is 70.8 Å². The van der Waals surface area contributed by atoms with Crippen molar-refractivity contribution < 1.29 is 9.53 Å². The molecule has 0 aromatic heterocycles. The van der Waals surface area contributed by atoms with Gasteiger partial charge in [-0.25, -0.2) is 0 Å². The molecule has 2 aromatic rings. The van der Waals surface area contributed by atoms with Gasteiger partial charge in [-0.1, -0.05) is 48.0 Å². The van der Waals surface area contributed by atoms with Crippen molar-refractivity contribution in [3.8, 4) is 0 Å². The minimum Gasteiger partial charge on any atom is -0.356 e. The van der Waals surface area contributed by atoms with Crippen molar-refractivity contribution in [2.75, 3.05) is 0 Å². The zero-order valence-electron chi connectivity index (χ0n) is 11.1. The van der Waals surface area contributed by atoms with Gasteiger partial charge in [0.25, 0.3) is 0 Å². The fraction of sp³-hybridized carbons (Fsp3) is 0.235. The van der Waals surface area contributed by atoms with Gasteiger partial charge in [-0.05, 0) is 31.0 Å². The first kappa shape index (κ1) is 12.1. The monoisotopic (exact) mass is 252 g/mol. The quantitative estimate of drug-likeness (QED) is 0.616. The molecule has 2 unspecified atom stereocenters. The second kappa shape index (κ2) is 4.63. The molecule has 0 bridgehead atoms. The number of ketones is 1. The van der Waals surface area contributed by atoms with E-state index in [1.807, 2.05) is 62.4 Å². The molecule has 1 fully saturated rings. The smallest absolute Gasteiger partial charge is 0.194 e. The number of benzene rings is 2. The third-order valence-corrected chi connectivity index (χ3v) is 3.54. The average molecular weight is 252 g/mol. The van der Waals surface area contributed by atoms with Crippen LogP contribution in [0.5, 0.6) is 0 Å². The van der Waals surface area contributed by atoms with Gasteiger partial charge in [0.05, 0.1) is 0 Å². The zero-order chi connectivity index (χ0) is 13.4. The van der Waals surface area contributed by atoms with E-state index in [0.717, 1.165) is 22.3 Å². The lowest BCUT2D eigenvalue weighted by molar-refractivity contribution is 0.0953. The summed E-state index contributed by atoms with van der Waals surface area (Å²) in [5.74, 6) is 0.0926. The van der Waals surface area contributed by atoms with Gasteiger partial charge in [-0.15, -0.1) is 0 Å². The summed E-state index contributed by atoms with van der Waals surface area (Å²) in [6.45, 7) is 3.96. The van der Waals surface area contributed by atoms with Crippen LogP contribution < -0.4 is 0 Å². The second-order valence-electron chi connectivity index (χ2n) is 5.07. The van der Waals surface area contributed by atoms with Crippen LogP contribution in [0.25, 0.3) is 0 Å². The van der Waals surface area contributed by atoms with Gasteiger partial charge < -0.3 is 4.74 Å². The highest BCUT2D eigenvalue weighted by Gasteiger charge is 2.46. The van der Waals surface area contributed by atoms with Gasteiger partial charge >= 0.3 is 0 Å². The predicted octanol–water partition coefficient (Wildman–Crippen LogP) is 3.63. The normalized spacial score (nSPS) is 21.2. The molecule has 96 valence electrons. The highest BCUT2D eigenvalue weighted by atomic mass is 16.6. The first-order valence-corrected chi connectivity index (χ1v) is 6.48. The molecule has 1 aliphatic heterocycles. The minimum atomic E-state index is -0.317. The molecular formula is C17H16O2. The highest BCUT2D eigenvalue weighted by Crippen LogP contribution is 2.40. The second-order valence-corrected chi connectivity index (χ2v) is 5.07. The minimum absolute atomic E-state index is 0.0754. The predicted molar refractivity (Wildman–Crippen MR) is 74.3 cm³/mol. The Morgan fingerprint density at radius 2 is 1.79 bits per heavy atom. The van der Waals surface area contributed by atoms with E-state index in [9.17, 15) is 4.79 Å². The Hall–Kier alpha value is -1.93. The van der Waals surface area contributed by atoms with Gasteiger partial charge in [0.15, 0.2) is 11.9 Å². The number of epoxide rings is 1. The molecule has 1 saturated heterocycles. The lowest BCUT2D eigenvalue weighted by atomic mass is 9.98. The molecule has 0 aliphatic carbocycles. The molecule has 0 N–H and O–H groups in total. The first-order chi connectivity index (χ1) is 9.16. The van der Waals surface area contributed by atoms with E-state index >= 15 is 0 Å². The maximum absolute atomic E-state index is 12.4. The summed E-state index contributed by atoms with van der Waals surface area (Å²) in [4.78, 5) is 12.4. The summed E-state index contributed by atoms with van der Waals surface area (Å²) < 4.78 is 5.56. The average Bonchev–Trinajstić information content (AvgIpc) is 3.22. The molecular weight excluding hydrogens is 236 g/mol. The fourth-order valence-electron chi connectivity index (χ4n) is 2.36. The first-order valence-electron chi connectivity index (χ1n) is 6.48. The Bertz CT molecular complexity index is 616. The van der Waals surface area contributed by atoms with Crippen LogP contribution in [-0.2, 0) is 4.74 Å². The van der Waals surface area contributed by atoms with Gasteiger partial charge in [-0.3, -0.25) is 4.79 Å². The Labute approximate surface area is 113 Å². The largest absolute Gasteiger partial charge is 0.356 e. The third kappa shape index (κ3) is 2.32. The molecule has 2 aromatic carbocycles. The number of rotatable bonds is 3. The Balaban J connectivity index is 1.82. The molecule has 2 nitrogen and oxygen atoms in total. The van der Waals surface area contributed by atoms with Crippen LogP contribution in [0.2, 0.25) is 0 Å². The third-order valence-electron chi connectivity index (χ3n) is 3.54. The van der Waals surface area contributed by atoms with Crippen LogP contribution in [0, 0.1) is 13.8 Å². The van der Waals surface area contributed by atoms with Crippen LogP contribution in [0.15, 0.2) is 48.5 Å². The van der Waals surface area contributed by atoms with E-state index in [0.29, 0.717) is 0 Å². The number of carbonyl (C=O) groups excluding carboxylic acids is 1. The molecule has 1 heterocycles. The summed E-state index contributed by atoms with van der Waals surface area (Å²) in [5, 5.41) is 0. The number of Topliss-reactive ketones (excluding diaryl/α,β-unsaturated/α-hetero) is 1. The number of hydrogen-bond acceptors (Lipinski definition) is 2. The molecule has 2 atom stereocenters. The SMILES string of the molecule is Cc1ccc(C)c(C(=O)C2OC2c2ccccc2)c1. The lowest BCUT2D eigenvalue weighted by Crippen LogP contribution is -2.10. The van der Waals surface area contributed by atoms with Crippen LogP contribution >= 0.6 is 0 Å². The van der Waals surface area contributed by atoms with Crippen LogP contribution in [-0.4, -0.2) is 11.9 Å². The van der Waals surface area contributed by atoms with Gasteiger partial charge in [-0.2, -0.15) is 0 Å². The van der Waals surface area contributed by atoms with E-state index < -0.39 is 0 Å². The number of aryl methyl sites for hydroxylation is 2. The Morgan fingerprint density at radius 1 is 1.05 bits per heavy atom. The van der Waals surface area contributed by atoms with Gasteiger partial charge in [0.2, 0.25) is 0 Å². The van der Waals surface area contributed by atoms with Crippen molar-refractivity contribution in [1.29, 1.82) is 0 Å². The van der Waals surface area contributed by atoms with Crippen molar-refractivity contribution >= 4 is 5.78 Å². The number of hydrogen-bond donors (Lipinski definition) is 0. The van der Waals surface area contributed by atoms with Crippen LogP contribution in [0.4, 0.5) is 0 Å². The van der Waals surface area contributed by atoms with E-state index in [4.69, 9.17) is 4.74 Å². The molecule has 2 heteroatoms. The molecule has 1 aliphatic rings. The van der Waals surface area contributed by atoms with Crippen molar-refractivity contribution in [2.24, 2.45) is 0 Å². The van der Waals surface area contributed by atoms with Gasteiger partial charge in [0, 0.05) is 5.56 Å². The maximum atomic E-state index is 12.4. The summed E-state index contributed by atoms with van der Waals surface area (Å²) >= 11 is 0. The Kier molecular flexibility index (Phi) is 2.96. The lowest BCUT2D eigenvalue weighted by Gasteiger charge is -2.04. The molecule has 3 rings (SSSR count). The standard InChI is InChI=1S/C17H16O2/c1-11-8-9-12(2)14(10-11)15(18)17-16(19-17)13-6-4-3-5-7-13/h3-10,16-17H,1-2H3. The summed E-state index contributed by atoms with van der Waals surface area (Å²) in [7, 11) is 0. The summed E-state index contributed by atoms with van der Waals surface area (Å²) in [6, 6.07) is 15.9. The van der Waals surface area contributed by atoms with Crippen molar-refractivity contribution in [3.63, 3.8) is 0 Å². The molecule has 0 radical (unpaired) electrons. The fourth-order valence-corrected chi connectivity index (χ4v) is 2.36. The summed E-state index contributed by atoms with van der Waals surface area (Å²) in [5.41, 5.74) is 3.97. The maximum Gasteiger partial charge on any atom is 0.194 e. The topological polar surface area (TPSA) is 29.6 Å². The van der Waals surface area contributed by atoms with Gasteiger partial charge in [0.1, 0.15) is 6.10 Å². The Morgan fingerprint density at radius 3 is 2.53 bits per heavy atom. The molecule has 0 amide bonds. The molecule has 0 spiro atoms. The van der Waals surface area contributed by atoms with Crippen molar-refractivity contribution in [1.82, 2.24) is 0 Å². The molecule has 19 heavy (non-hydrogen) atoms. The highest BCUT2D eigenvalue weighted by molar-refractivity contribution is 6.02. The van der Waals surface area contributed by atoms with Crippen LogP contribution in [0.1, 0.15) is 33.2 Å². The van der Waals surface area contributed by atoms with E-state index in [1.54, 1.807) is 0 Å². The van der Waals surface area contributed by atoms with E-state index in [1.165, 1.54) is 0 Å². The number of ether oxygens (including phenoxy) is 1. The van der Waals surface area contributed by atoms with Crippen LogP contribution in [0.3, 0.4) is 0 Å². The number of carbonyl (C=O) groups is 1. The van der Waals surface area contributed by atoms with Crippen molar-refractivity contribution in [2.45, 2.75) is 26.1 Å². The summed E-state index contributed by atoms with van der Waals surface area (Å²) in [6.07, 6.45) is -0.392.